The van der Waals surface area contributed by atoms with E-state index < -0.39 is 0 Å². The van der Waals surface area contributed by atoms with Crippen LogP contribution < -0.4 is 5.32 Å². The first-order valence-electron chi connectivity index (χ1n) is 8.67. The molecule has 2 rings (SSSR count). The van der Waals surface area contributed by atoms with Gasteiger partial charge in [0.25, 0.3) is 0 Å². The number of amides is 1. The SMILES string of the molecule is CC=O.O=C(NCCCN1CCCCC1)C1CCCCC1. The van der Waals surface area contributed by atoms with E-state index in [1.54, 1.807) is 0 Å². The first-order chi connectivity index (χ1) is 10.3. The molecule has 2 fully saturated rings. The molecule has 21 heavy (non-hydrogen) atoms. The van der Waals surface area contributed by atoms with Gasteiger partial charge in [-0.25, -0.2) is 0 Å². The largest absolute Gasteiger partial charge is 0.356 e. The van der Waals surface area contributed by atoms with E-state index in [0.29, 0.717) is 11.8 Å². The van der Waals surface area contributed by atoms with Crippen LogP contribution in [-0.4, -0.2) is 43.3 Å². The van der Waals surface area contributed by atoms with Crippen LogP contribution in [0.2, 0.25) is 0 Å². The smallest absolute Gasteiger partial charge is 0.223 e. The van der Waals surface area contributed by atoms with E-state index in [4.69, 9.17) is 4.79 Å². The Morgan fingerprint density at radius 2 is 1.67 bits per heavy atom. The quantitative estimate of drug-likeness (QED) is 0.627. The second kappa shape index (κ2) is 11.7. The second-order valence-corrected chi connectivity index (χ2v) is 6.12. The molecular formula is C17H32N2O2. The molecule has 1 N–H and O–H groups in total. The predicted molar refractivity (Wildman–Crippen MR) is 86.2 cm³/mol. The summed E-state index contributed by atoms with van der Waals surface area (Å²) in [6.45, 7) is 5.99. The Morgan fingerprint density at radius 1 is 1.10 bits per heavy atom. The monoisotopic (exact) mass is 296 g/mol. The third-order valence-electron chi connectivity index (χ3n) is 4.37. The van der Waals surface area contributed by atoms with Gasteiger partial charge in [0.15, 0.2) is 0 Å². The van der Waals surface area contributed by atoms with Crippen LogP contribution in [0.25, 0.3) is 0 Å². The number of nitrogens with one attached hydrogen (secondary N) is 1. The average molecular weight is 296 g/mol. The maximum absolute atomic E-state index is 11.9. The molecule has 122 valence electrons. The molecule has 1 saturated heterocycles. The summed E-state index contributed by atoms with van der Waals surface area (Å²) in [5.74, 6) is 0.627. The summed E-state index contributed by atoms with van der Waals surface area (Å²) in [5, 5.41) is 3.13. The number of rotatable bonds is 5. The fourth-order valence-electron chi connectivity index (χ4n) is 3.21. The fourth-order valence-corrected chi connectivity index (χ4v) is 3.21. The van der Waals surface area contributed by atoms with Crippen molar-refractivity contribution in [1.82, 2.24) is 10.2 Å². The Labute approximate surface area is 129 Å². The highest BCUT2D eigenvalue weighted by Gasteiger charge is 2.20. The summed E-state index contributed by atoms with van der Waals surface area (Å²) in [4.78, 5) is 23.3. The van der Waals surface area contributed by atoms with Gasteiger partial charge in [-0.2, -0.15) is 0 Å². The van der Waals surface area contributed by atoms with Gasteiger partial charge in [-0.1, -0.05) is 25.7 Å². The lowest BCUT2D eigenvalue weighted by atomic mass is 9.89. The van der Waals surface area contributed by atoms with Crippen LogP contribution >= 0.6 is 0 Å². The van der Waals surface area contributed by atoms with E-state index in [0.717, 1.165) is 38.6 Å². The Bertz CT molecular complexity index is 283. The number of aldehydes is 1. The Morgan fingerprint density at radius 3 is 2.29 bits per heavy atom. The third-order valence-corrected chi connectivity index (χ3v) is 4.37. The molecule has 0 aromatic carbocycles. The van der Waals surface area contributed by atoms with E-state index >= 15 is 0 Å². The molecule has 0 spiro atoms. The van der Waals surface area contributed by atoms with Gasteiger partial charge in [-0.05, 0) is 58.7 Å². The van der Waals surface area contributed by atoms with Crippen molar-refractivity contribution in [2.75, 3.05) is 26.2 Å². The van der Waals surface area contributed by atoms with Crippen molar-refractivity contribution in [2.24, 2.45) is 5.92 Å². The number of piperidine rings is 1. The van der Waals surface area contributed by atoms with Gasteiger partial charge in [0.1, 0.15) is 6.29 Å². The average Bonchev–Trinajstić information content (AvgIpc) is 2.54. The highest BCUT2D eigenvalue weighted by Crippen LogP contribution is 2.23. The summed E-state index contributed by atoms with van der Waals surface area (Å²) in [5.41, 5.74) is 0. The lowest BCUT2D eigenvalue weighted by Gasteiger charge is -2.26. The van der Waals surface area contributed by atoms with Gasteiger partial charge in [-0.15, -0.1) is 0 Å². The summed E-state index contributed by atoms with van der Waals surface area (Å²) in [7, 11) is 0. The van der Waals surface area contributed by atoms with Crippen LogP contribution in [0, 0.1) is 5.92 Å². The first kappa shape index (κ1) is 18.1. The molecule has 0 aromatic rings. The van der Waals surface area contributed by atoms with E-state index in [-0.39, 0.29) is 0 Å². The van der Waals surface area contributed by atoms with Crippen LogP contribution in [0.5, 0.6) is 0 Å². The van der Waals surface area contributed by atoms with Crippen molar-refractivity contribution in [3.8, 4) is 0 Å². The van der Waals surface area contributed by atoms with E-state index in [9.17, 15) is 4.79 Å². The normalized spacial score (nSPS) is 20.2. The maximum atomic E-state index is 11.9. The van der Waals surface area contributed by atoms with Crippen LogP contribution in [0.4, 0.5) is 0 Å². The van der Waals surface area contributed by atoms with Crippen LogP contribution in [0.3, 0.4) is 0 Å². The van der Waals surface area contributed by atoms with Crippen molar-refractivity contribution < 1.29 is 9.59 Å². The minimum Gasteiger partial charge on any atom is -0.356 e. The molecule has 4 heteroatoms. The number of hydrogen-bond acceptors (Lipinski definition) is 3. The summed E-state index contributed by atoms with van der Waals surface area (Å²) >= 11 is 0. The molecular weight excluding hydrogens is 264 g/mol. The number of hydrogen-bond donors (Lipinski definition) is 1. The van der Waals surface area contributed by atoms with Crippen molar-refractivity contribution >= 4 is 12.2 Å². The zero-order chi connectivity index (χ0) is 15.3. The van der Waals surface area contributed by atoms with Crippen LogP contribution in [-0.2, 0) is 9.59 Å². The second-order valence-electron chi connectivity index (χ2n) is 6.12. The lowest BCUT2D eigenvalue weighted by molar-refractivity contribution is -0.125. The molecule has 0 unspecified atom stereocenters. The van der Waals surface area contributed by atoms with E-state index in [2.05, 4.69) is 10.2 Å². The Hall–Kier alpha value is -0.900. The van der Waals surface area contributed by atoms with Crippen molar-refractivity contribution in [3.63, 3.8) is 0 Å². The van der Waals surface area contributed by atoms with Crippen LogP contribution in [0.15, 0.2) is 0 Å². The predicted octanol–water partition coefficient (Wildman–Crippen LogP) is 2.76. The van der Waals surface area contributed by atoms with Gasteiger partial charge >= 0.3 is 0 Å². The molecule has 0 atom stereocenters. The summed E-state index contributed by atoms with van der Waals surface area (Å²) in [6.07, 6.45) is 12.0. The molecule has 2 aliphatic rings. The number of likely N-dealkylation sites (tertiary alicyclic amines) is 1. The maximum Gasteiger partial charge on any atom is 0.223 e. The van der Waals surface area contributed by atoms with Crippen molar-refractivity contribution in [2.45, 2.75) is 64.7 Å². The molecule has 1 saturated carbocycles. The zero-order valence-electron chi connectivity index (χ0n) is 13.6. The molecule has 1 aliphatic carbocycles. The lowest BCUT2D eigenvalue weighted by Crippen LogP contribution is -2.35. The molecule has 4 nitrogen and oxygen atoms in total. The number of nitrogens with zero attached hydrogens (tertiary/aromatic N) is 1. The van der Waals surface area contributed by atoms with Crippen LogP contribution in [0.1, 0.15) is 64.7 Å². The molecule has 1 amide bonds. The minimum absolute atomic E-state index is 0.313. The topological polar surface area (TPSA) is 49.4 Å². The minimum atomic E-state index is 0.313. The Kier molecular flexibility index (Phi) is 10.1. The van der Waals surface area contributed by atoms with Crippen molar-refractivity contribution in [3.05, 3.63) is 0 Å². The summed E-state index contributed by atoms with van der Waals surface area (Å²) in [6, 6.07) is 0. The number of carbonyl (C=O) groups is 2. The highest BCUT2D eigenvalue weighted by molar-refractivity contribution is 5.78. The van der Waals surface area contributed by atoms with Gasteiger partial charge < -0.3 is 15.0 Å². The molecule has 1 aliphatic heterocycles. The summed E-state index contributed by atoms with van der Waals surface area (Å²) < 4.78 is 0. The van der Waals surface area contributed by atoms with Gasteiger partial charge in [0, 0.05) is 12.5 Å². The third kappa shape index (κ3) is 8.20. The van der Waals surface area contributed by atoms with E-state index in [1.807, 2.05) is 0 Å². The van der Waals surface area contributed by atoms with Crippen molar-refractivity contribution in [1.29, 1.82) is 0 Å². The van der Waals surface area contributed by atoms with E-state index in [1.165, 1.54) is 58.5 Å². The van der Waals surface area contributed by atoms with Gasteiger partial charge in [0.2, 0.25) is 5.91 Å². The molecule has 0 radical (unpaired) electrons. The molecule has 1 heterocycles. The number of carbonyl (C=O) groups excluding carboxylic acids is 2. The highest BCUT2D eigenvalue weighted by atomic mass is 16.1. The van der Waals surface area contributed by atoms with Gasteiger partial charge in [0.05, 0.1) is 0 Å². The Balaban J connectivity index is 0.000000677. The molecule has 0 bridgehead atoms. The standard InChI is InChI=1S/C15H28N2O.C2H4O/c18-15(14-8-3-1-4-9-14)16-10-7-13-17-11-5-2-6-12-17;1-2-3/h14H,1-13H2,(H,16,18);2H,1H3. The van der Waals surface area contributed by atoms with Gasteiger partial charge in [-0.3, -0.25) is 4.79 Å². The fraction of sp³-hybridized carbons (Fsp3) is 0.882. The first-order valence-corrected chi connectivity index (χ1v) is 8.67. The molecule has 0 aromatic heterocycles. The zero-order valence-corrected chi connectivity index (χ0v) is 13.6.